The number of hydrogen-bond donors (Lipinski definition) is 1. The van der Waals surface area contributed by atoms with E-state index in [0.29, 0.717) is 19.0 Å². The van der Waals surface area contributed by atoms with Gasteiger partial charge < -0.3 is 14.8 Å². The summed E-state index contributed by atoms with van der Waals surface area (Å²) in [6, 6.07) is 9.41. The number of hydrogen-bond acceptors (Lipinski definition) is 5. The van der Waals surface area contributed by atoms with Crippen molar-refractivity contribution in [2.24, 2.45) is 0 Å². The monoisotopic (exact) mass is 422 g/mol. The zero-order valence-corrected chi connectivity index (χ0v) is 17.0. The van der Waals surface area contributed by atoms with Gasteiger partial charge >= 0.3 is 0 Å². The second-order valence-corrected chi connectivity index (χ2v) is 8.74. The minimum Gasteiger partial charge on any atom is -0.489 e. The van der Waals surface area contributed by atoms with Gasteiger partial charge in [-0.2, -0.15) is 4.31 Å². The molecule has 1 aliphatic rings. The van der Waals surface area contributed by atoms with Crippen LogP contribution in [0, 0.1) is 5.82 Å². The molecule has 0 bridgehead atoms. The first-order valence-electron chi connectivity index (χ1n) is 9.23. The lowest BCUT2D eigenvalue weighted by atomic mass is 10.2. The fourth-order valence-electron chi connectivity index (χ4n) is 2.86. The van der Waals surface area contributed by atoms with Crippen molar-refractivity contribution in [3.8, 4) is 5.75 Å². The van der Waals surface area contributed by atoms with E-state index in [2.05, 4.69) is 5.32 Å². The Kier molecular flexibility index (Phi) is 6.51. The van der Waals surface area contributed by atoms with Gasteiger partial charge in [0.05, 0.1) is 29.9 Å². The van der Waals surface area contributed by atoms with Crippen molar-refractivity contribution in [2.75, 3.05) is 31.6 Å². The van der Waals surface area contributed by atoms with E-state index in [9.17, 15) is 17.6 Å². The van der Waals surface area contributed by atoms with Gasteiger partial charge in [0.1, 0.15) is 11.6 Å². The molecular weight excluding hydrogens is 399 g/mol. The van der Waals surface area contributed by atoms with Crippen LogP contribution in [0.1, 0.15) is 24.2 Å². The Labute approximate surface area is 169 Å². The highest BCUT2D eigenvalue weighted by Crippen LogP contribution is 2.30. The number of anilines is 1. The molecule has 1 aliphatic heterocycles. The third-order valence-corrected chi connectivity index (χ3v) is 6.17. The molecule has 0 aliphatic carbocycles. The van der Waals surface area contributed by atoms with E-state index in [1.807, 2.05) is 13.8 Å². The standard InChI is InChI=1S/C20H23FN2O5S/c1-14(2)28-19-8-7-17(29(25,26)23-9-11-27-12-10-23)13-18(19)22-20(24)15-3-5-16(21)6-4-15/h3-8,13-14H,9-12H2,1-2H3,(H,22,24). The van der Waals surface area contributed by atoms with Gasteiger partial charge in [0.25, 0.3) is 5.91 Å². The molecule has 2 aromatic rings. The minimum atomic E-state index is -3.74. The summed E-state index contributed by atoms with van der Waals surface area (Å²) >= 11 is 0. The van der Waals surface area contributed by atoms with Crippen molar-refractivity contribution in [2.45, 2.75) is 24.8 Å². The number of benzene rings is 2. The first-order chi connectivity index (χ1) is 13.8. The maximum atomic E-state index is 13.1. The smallest absolute Gasteiger partial charge is 0.255 e. The van der Waals surface area contributed by atoms with Crippen LogP contribution in [0.3, 0.4) is 0 Å². The van der Waals surface area contributed by atoms with Crippen molar-refractivity contribution in [3.63, 3.8) is 0 Å². The van der Waals surface area contributed by atoms with Crippen LogP contribution < -0.4 is 10.1 Å². The summed E-state index contributed by atoms with van der Waals surface area (Å²) in [5.41, 5.74) is 0.464. The van der Waals surface area contributed by atoms with Gasteiger partial charge in [-0.3, -0.25) is 4.79 Å². The molecule has 29 heavy (non-hydrogen) atoms. The number of ether oxygens (including phenoxy) is 2. The van der Waals surface area contributed by atoms with Gasteiger partial charge in [0.2, 0.25) is 10.0 Å². The molecule has 3 rings (SSSR count). The summed E-state index contributed by atoms with van der Waals surface area (Å²) in [6.07, 6.45) is -0.182. The largest absolute Gasteiger partial charge is 0.489 e. The fourth-order valence-corrected chi connectivity index (χ4v) is 4.29. The van der Waals surface area contributed by atoms with Crippen LogP contribution in [0.5, 0.6) is 5.75 Å². The molecule has 0 unspecified atom stereocenters. The molecule has 9 heteroatoms. The number of carbonyl (C=O) groups excluding carboxylic acids is 1. The highest BCUT2D eigenvalue weighted by molar-refractivity contribution is 7.89. The summed E-state index contributed by atoms with van der Waals surface area (Å²) in [7, 11) is -3.74. The molecule has 0 aromatic heterocycles. The van der Waals surface area contributed by atoms with Crippen molar-refractivity contribution >= 4 is 21.6 Å². The predicted molar refractivity (Wildman–Crippen MR) is 106 cm³/mol. The van der Waals surface area contributed by atoms with Crippen LogP contribution in [0.15, 0.2) is 47.4 Å². The van der Waals surface area contributed by atoms with Crippen LogP contribution in [-0.2, 0) is 14.8 Å². The lowest BCUT2D eigenvalue weighted by Crippen LogP contribution is -2.40. The van der Waals surface area contributed by atoms with E-state index in [0.717, 1.165) is 0 Å². The van der Waals surface area contributed by atoms with Gasteiger partial charge in [-0.1, -0.05) is 0 Å². The van der Waals surface area contributed by atoms with Crippen LogP contribution >= 0.6 is 0 Å². The van der Waals surface area contributed by atoms with E-state index < -0.39 is 21.7 Å². The van der Waals surface area contributed by atoms with Gasteiger partial charge in [0, 0.05) is 18.7 Å². The van der Waals surface area contributed by atoms with Crippen LogP contribution in [0.4, 0.5) is 10.1 Å². The first kappa shape index (κ1) is 21.2. The molecule has 2 aromatic carbocycles. The third kappa shape index (κ3) is 5.11. The molecule has 1 heterocycles. The minimum absolute atomic E-state index is 0.0462. The number of morpholine rings is 1. The van der Waals surface area contributed by atoms with Crippen molar-refractivity contribution < 1.29 is 27.1 Å². The number of amides is 1. The maximum Gasteiger partial charge on any atom is 0.255 e. The molecule has 1 saturated heterocycles. The van der Waals surface area contributed by atoms with E-state index in [1.54, 1.807) is 0 Å². The second kappa shape index (κ2) is 8.89. The number of nitrogens with one attached hydrogen (secondary N) is 1. The topological polar surface area (TPSA) is 84.9 Å². The molecule has 1 N–H and O–H groups in total. The number of rotatable bonds is 6. The SMILES string of the molecule is CC(C)Oc1ccc(S(=O)(=O)N2CCOCC2)cc1NC(=O)c1ccc(F)cc1. The highest BCUT2D eigenvalue weighted by Gasteiger charge is 2.27. The van der Waals surface area contributed by atoms with Crippen LogP contribution in [-0.4, -0.2) is 51.0 Å². The van der Waals surface area contributed by atoms with Gasteiger partial charge in [0.15, 0.2) is 0 Å². The quantitative estimate of drug-likeness (QED) is 0.774. The summed E-state index contributed by atoms with van der Waals surface area (Å²) in [6.45, 7) is 4.85. The normalized spacial score (nSPS) is 15.3. The molecule has 156 valence electrons. The van der Waals surface area contributed by atoms with Crippen molar-refractivity contribution in [1.29, 1.82) is 0 Å². The molecule has 0 atom stereocenters. The molecule has 0 spiro atoms. The Bertz CT molecular complexity index is 971. The highest BCUT2D eigenvalue weighted by atomic mass is 32.2. The summed E-state index contributed by atoms with van der Waals surface area (Å²) in [4.78, 5) is 12.6. The summed E-state index contributed by atoms with van der Waals surface area (Å²) < 4.78 is 51.3. The van der Waals surface area contributed by atoms with Crippen LogP contribution in [0.25, 0.3) is 0 Å². The third-order valence-electron chi connectivity index (χ3n) is 4.28. The fraction of sp³-hybridized carbons (Fsp3) is 0.350. The van der Waals surface area contributed by atoms with E-state index in [-0.39, 0.29) is 35.3 Å². The van der Waals surface area contributed by atoms with E-state index in [4.69, 9.17) is 9.47 Å². The predicted octanol–water partition coefficient (Wildman–Crippen LogP) is 2.89. The van der Waals surface area contributed by atoms with Crippen LogP contribution in [0.2, 0.25) is 0 Å². The Morgan fingerprint density at radius 1 is 1.14 bits per heavy atom. The molecular formula is C20H23FN2O5S. The Balaban J connectivity index is 1.93. The second-order valence-electron chi connectivity index (χ2n) is 6.80. The average Bonchev–Trinajstić information content (AvgIpc) is 2.70. The zero-order valence-electron chi connectivity index (χ0n) is 16.2. The van der Waals surface area contributed by atoms with E-state index >= 15 is 0 Å². The zero-order chi connectivity index (χ0) is 21.0. The number of nitrogens with zero attached hydrogens (tertiary/aromatic N) is 1. The summed E-state index contributed by atoms with van der Waals surface area (Å²) in [5, 5.41) is 2.67. The lowest BCUT2D eigenvalue weighted by Gasteiger charge is -2.26. The van der Waals surface area contributed by atoms with Gasteiger partial charge in [-0.25, -0.2) is 12.8 Å². The molecule has 1 amide bonds. The van der Waals surface area contributed by atoms with Gasteiger partial charge in [-0.15, -0.1) is 0 Å². The van der Waals surface area contributed by atoms with Crippen molar-refractivity contribution in [3.05, 3.63) is 53.8 Å². The van der Waals surface area contributed by atoms with Crippen molar-refractivity contribution in [1.82, 2.24) is 4.31 Å². The van der Waals surface area contributed by atoms with Gasteiger partial charge in [-0.05, 0) is 56.3 Å². The molecule has 0 radical (unpaired) electrons. The number of sulfonamides is 1. The maximum absolute atomic E-state index is 13.1. The Morgan fingerprint density at radius 2 is 1.79 bits per heavy atom. The van der Waals surface area contributed by atoms with E-state index in [1.165, 1.54) is 46.8 Å². The number of halogens is 1. The first-order valence-corrected chi connectivity index (χ1v) is 10.7. The Morgan fingerprint density at radius 3 is 2.41 bits per heavy atom. The average molecular weight is 422 g/mol. The molecule has 1 fully saturated rings. The lowest BCUT2D eigenvalue weighted by molar-refractivity contribution is 0.0730. The Hall–Kier alpha value is -2.49. The molecule has 7 nitrogen and oxygen atoms in total. The number of carbonyl (C=O) groups is 1. The molecule has 0 saturated carbocycles. The summed E-state index contributed by atoms with van der Waals surface area (Å²) in [5.74, 6) is -0.611.